The summed E-state index contributed by atoms with van der Waals surface area (Å²) in [6.07, 6.45) is -0.637. The van der Waals surface area contributed by atoms with Crippen molar-refractivity contribution >= 4 is 43.2 Å². The Morgan fingerprint density at radius 2 is 1.41 bits per heavy atom. The fourth-order valence-corrected chi connectivity index (χ4v) is 6.92. The van der Waals surface area contributed by atoms with Crippen LogP contribution >= 0.6 is 23.2 Å². The molecular weight excluding hydrogens is 523 g/mol. The highest BCUT2D eigenvalue weighted by atomic mass is 35.5. The van der Waals surface area contributed by atoms with Gasteiger partial charge in [-0.1, -0.05) is 42.3 Å². The van der Waals surface area contributed by atoms with Crippen LogP contribution < -0.4 is 0 Å². The molecule has 0 unspecified atom stereocenters. The highest BCUT2D eigenvalue weighted by Gasteiger charge is 2.34. The van der Waals surface area contributed by atoms with Crippen molar-refractivity contribution in [2.45, 2.75) is 35.8 Å². The van der Waals surface area contributed by atoms with Gasteiger partial charge in [-0.25, -0.2) is 16.8 Å². The maximum Gasteiger partial charge on any atom is 0.243 e. The molecule has 0 heterocycles. The van der Waals surface area contributed by atoms with E-state index in [0.717, 1.165) is 4.31 Å². The average molecular weight is 554 g/mol. The maximum absolute atomic E-state index is 13.3. The Morgan fingerprint density at radius 3 is 1.85 bits per heavy atom. The van der Waals surface area contributed by atoms with Crippen LogP contribution in [0.25, 0.3) is 0 Å². The van der Waals surface area contributed by atoms with E-state index in [0.29, 0.717) is 5.02 Å². The number of likely N-dealkylation sites (N-methyl/N-ethyl adjacent to an activating group) is 1. The average Bonchev–Trinajstić information content (AvgIpc) is 2.79. The van der Waals surface area contributed by atoms with Crippen LogP contribution in [-0.2, 0) is 24.8 Å². The van der Waals surface area contributed by atoms with E-state index in [1.54, 1.807) is 32.0 Å². The van der Waals surface area contributed by atoms with E-state index in [4.69, 9.17) is 27.9 Å². The van der Waals surface area contributed by atoms with E-state index < -0.39 is 44.7 Å². The zero-order valence-corrected chi connectivity index (χ0v) is 22.6. The van der Waals surface area contributed by atoms with Crippen molar-refractivity contribution in [3.63, 3.8) is 0 Å². The minimum absolute atomic E-state index is 0.00196. The summed E-state index contributed by atoms with van der Waals surface area (Å²) >= 11 is 11.9. The monoisotopic (exact) mass is 552 g/mol. The Kier molecular flexibility index (Phi) is 10.3. The molecule has 190 valence electrons. The van der Waals surface area contributed by atoms with Crippen LogP contribution in [0.15, 0.2) is 58.3 Å². The molecule has 0 saturated heterocycles. The molecule has 8 nitrogen and oxygen atoms in total. The summed E-state index contributed by atoms with van der Waals surface area (Å²) in [5.41, 5.74) is 0. The second-order valence-corrected chi connectivity index (χ2v) is 12.9. The quantitative estimate of drug-likeness (QED) is 0.433. The van der Waals surface area contributed by atoms with Gasteiger partial charge in [-0.2, -0.15) is 8.61 Å². The molecule has 0 spiro atoms. The van der Waals surface area contributed by atoms with Crippen LogP contribution in [0.5, 0.6) is 0 Å². The molecule has 0 bridgehead atoms. The van der Waals surface area contributed by atoms with Gasteiger partial charge in [0, 0.05) is 43.3 Å². The fraction of sp³-hybridized carbons (Fsp3) is 0.455. The van der Waals surface area contributed by atoms with Crippen molar-refractivity contribution < 1.29 is 26.7 Å². The lowest BCUT2D eigenvalue weighted by Crippen LogP contribution is -2.47. The van der Waals surface area contributed by atoms with Gasteiger partial charge in [0.15, 0.2) is 0 Å². The molecule has 0 aliphatic heterocycles. The summed E-state index contributed by atoms with van der Waals surface area (Å²) in [6.45, 7) is 2.92. The first kappa shape index (κ1) is 29.0. The molecule has 2 rings (SSSR count). The molecule has 3 atom stereocenters. The Bertz CT molecular complexity index is 1180. The smallest absolute Gasteiger partial charge is 0.243 e. The number of hydrogen-bond acceptors (Lipinski definition) is 6. The lowest BCUT2D eigenvalue weighted by atomic mass is 10.0. The third-order valence-corrected chi connectivity index (χ3v) is 9.77. The summed E-state index contributed by atoms with van der Waals surface area (Å²) in [6, 6.07) is 11.1. The van der Waals surface area contributed by atoms with Crippen LogP contribution in [0, 0.1) is 5.92 Å². The van der Waals surface area contributed by atoms with Crippen LogP contribution in [0.1, 0.15) is 13.8 Å². The normalized spacial score (nSPS) is 15.4. The molecule has 0 saturated carbocycles. The Hall–Kier alpha value is -1.24. The van der Waals surface area contributed by atoms with E-state index in [9.17, 15) is 21.9 Å². The molecule has 34 heavy (non-hydrogen) atoms. The van der Waals surface area contributed by atoms with Crippen LogP contribution in [0.4, 0.5) is 0 Å². The van der Waals surface area contributed by atoms with Crippen LogP contribution in [0.2, 0.25) is 10.0 Å². The van der Waals surface area contributed by atoms with Gasteiger partial charge in [0.05, 0.1) is 22.5 Å². The molecular formula is C22H30Cl2N2O6S2. The number of aliphatic hydroxyl groups excluding tert-OH is 1. The van der Waals surface area contributed by atoms with E-state index in [2.05, 4.69) is 0 Å². The summed E-state index contributed by atoms with van der Waals surface area (Å²) in [4.78, 5) is 0.0474. The number of rotatable bonds is 12. The Morgan fingerprint density at radius 1 is 0.912 bits per heavy atom. The van der Waals surface area contributed by atoms with Crippen molar-refractivity contribution in [1.82, 2.24) is 8.61 Å². The van der Waals surface area contributed by atoms with Gasteiger partial charge in [0.1, 0.15) is 0 Å². The minimum Gasteiger partial charge on any atom is -0.395 e. The second kappa shape index (κ2) is 12.1. The van der Waals surface area contributed by atoms with Crippen molar-refractivity contribution in [2.24, 2.45) is 5.92 Å². The van der Waals surface area contributed by atoms with Gasteiger partial charge in [0.2, 0.25) is 20.0 Å². The molecule has 12 heteroatoms. The van der Waals surface area contributed by atoms with Crippen molar-refractivity contribution in [3.8, 4) is 0 Å². The first-order chi connectivity index (χ1) is 15.8. The third kappa shape index (κ3) is 6.92. The number of halogens is 2. The lowest BCUT2D eigenvalue weighted by molar-refractivity contribution is 0.0360. The molecule has 0 aliphatic carbocycles. The van der Waals surface area contributed by atoms with Gasteiger partial charge in [-0.3, -0.25) is 0 Å². The van der Waals surface area contributed by atoms with Crippen molar-refractivity contribution in [2.75, 3.05) is 33.9 Å². The number of methoxy groups -OCH3 is 1. The number of ether oxygens (including phenoxy) is 1. The molecule has 1 N–H and O–H groups in total. The van der Waals surface area contributed by atoms with Crippen molar-refractivity contribution in [3.05, 3.63) is 58.6 Å². The predicted octanol–water partition coefficient (Wildman–Crippen LogP) is 3.34. The summed E-state index contributed by atoms with van der Waals surface area (Å²) in [7, 11) is -4.97. The van der Waals surface area contributed by atoms with E-state index in [1.807, 2.05) is 0 Å². The molecule has 2 aromatic carbocycles. The molecule has 0 radical (unpaired) electrons. The molecule has 0 aliphatic rings. The van der Waals surface area contributed by atoms with Gasteiger partial charge in [-0.05, 0) is 49.2 Å². The van der Waals surface area contributed by atoms with Gasteiger partial charge in [-0.15, -0.1) is 0 Å². The number of benzene rings is 2. The maximum atomic E-state index is 13.3. The molecule has 0 amide bonds. The van der Waals surface area contributed by atoms with Crippen LogP contribution in [-0.4, -0.2) is 76.6 Å². The topological polar surface area (TPSA) is 104 Å². The first-order valence-electron chi connectivity index (χ1n) is 10.5. The lowest BCUT2D eigenvalue weighted by Gasteiger charge is -2.33. The largest absolute Gasteiger partial charge is 0.395 e. The number of nitrogens with zero attached hydrogens (tertiary/aromatic N) is 2. The SMILES string of the molecule is CO[C@@H](CN(C)S(=O)(=O)c1cccc(Cl)c1)[C@H](C)CN([C@@H](C)CO)S(=O)(=O)c1cccc(Cl)c1. The fourth-order valence-electron chi connectivity index (χ4n) is 3.42. The molecule has 0 fully saturated rings. The second-order valence-electron chi connectivity index (χ2n) is 8.06. The zero-order valence-electron chi connectivity index (χ0n) is 19.4. The summed E-state index contributed by atoms with van der Waals surface area (Å²) in [5.74, 6) is -0.426. The Labute approximate surface area is 212 Å². The Balaban J connectivity index is 2.27. The zero-order chi connectivity index (χ0) is 25.7. The third-order valence-electron chi connectivity index (χ3n) is 5.51. The number of hydrogen-bond donors (Lipinski definition) is 1. The summed E-state index contributed by atoms with van der Waals surface area (Å²) < 4.78 is 60.5. The molecule has 2 aromatic rings. The first-order valence-corrected chi connectivity index (χ1v) is 14.1. The van der Waals surface area contributed by atoms with Gasteiger partial charge < -0.3 is 9.84 Å². The number of aliphatic hydroxyl groups is 1. The highest BCUT2D eigenvalue weighted by Crippen LogP contribution is 2.25. The standard InChI is InChI=1S/C22H30Cl2N2O6S2/c1-16(13-26(17(2)15-27)34(30,31)21-10-6-8-19(24)12-21)22(32-4)14-25(3)33(28,29)20-9-5-7-18(23)11-20/h5-12,16-17,22,27H,13-15H2,1-4H3/t16-,17+,22+/m1/s1. The van der Waals surface area contributed by atoms with Gasteiger partial charge >= 0.3 is 0 Å². The molecule has 0 aromatic heterocycles. The van der Waals surface area contributed by atoms with Crippen molar-refractivity contribution in [1.29, 1.82) is 0 Å². The predicted molar refractivity (Wildman–Crippen MR) is 133 cm³/mol. The highest BCUT2D eigenvalue weighted by molar-refractivity contribution is 7.89. The van der Waals surface area contributed by atoms with Gasteiger partial charge in [0.25, 0.3) is 0 Å². The number of sulfonamides is 2. The van der Waals surface area contributed by atoms with E-state index in [1.165, 1.54) is 48.8 Å². The van der Waals surface area contributed by atoms with E-state index in [-0.39, 0.29) is 27.9 Å². The van der Waals surface area contributed by atoms with Crippen LogP contribution in [0.3, 0.4) is 0 Å². The van der Waals surface area contributed by atoms with E-state index >= 15 is 0 Å². The summed E-state index contributed by atoms with van der Waals surface area (Å²) in [5, 5.41) is 10.3. The minimum atomic E-state index is -3.99.